The number of hydrogen-bond acceptors (Lipinski definition) is 5. The molecule has 1 aromatic heterocycles. The SMILES string of the molecule is O=C(O)Oc1csc(COc2ccc(-c3ccccc3)cc2)n1. The largest absolute Gasteiger partial charge is 0.512 e. The van der Waals surface area contributed by atoms with E-state index in [0.717, 1.165) is 16.9 Å². The second-order valence-electron chi connectivity index (χ2n) is 4.63. The molecule has 2 aromatic carbocycles. The summed E-state index contributed by atoms with van der Waals surface area (Å²) in [6, 6.07) is 17.9. The van der Waals surface area contributed by atoms with Crippen molar-refractivity contribution in [2.45, 2.75) is 6.61 Å². The Morgan fingerprint density at radius 3 is 2.43 bits per heavy atom. The molecule has 6 heteroatoms. The summed E-state index contributed by atoms with van der Waals surface area (Å²) in [5.41, 5.74) is 2.26. The van der Waals surface area contributed by atoms with Crippen LogP contribution in [0.4, 0.5) is 4.79 Å². The lowest BCUT2D eigenvalue weighted by Gasteiger charge is -2.06. The highest BCUT2D eigenvalue weighted by atomic mass is 32.1. The fourth-order valence-corrected chi connectivity index (χ4v) is 2.62. The van der Waals surface area contributed by atoms with Gasteiger partial charge in [0.1, 0.15) is 17.4 Å². The molecule has 0 saturated heterocycles. The van der Waals surface area contributed by atoms with E-state index in [1.807, 2.05) is 42.5 Å². The third-order valence-electron chi connectivity index (χ3n) is 3.05. The zero-order chi connectivity index (χ0) is 16.1. The van der Waals surface area contributed by atoms with Gasteiger partial charge < -0.3 is 14.6 Å². The number of thiazole rings is 1. The van der Waals surface area contributed by atoms with E-state index in [1.54, 1.807) is 0 Å². The average molecular weight is 327 g/mol. The van der Waals surface area contributed by atoms with Crippen LogP contribution in [0.15, 0.2) is 60.0 Å². The number of hydrogen-bond donors (Lipinski definition) is 1. The van der Waals surface area contributed by atoms with Gasteiger partial charge in [0.15, 0.2) is 0 Å². The first-order valence-corrected chi connectivity index (χ1v) is 7.72. The third-order valence-corrected chi connectivity index (χ3v) is 3.85. The molecule has 0 bridgehead atoms. The Kier molecular flexibility index (Phi) is 4.54. The summed E-state index contributed by atoms with van der Waals surface area (Å²) in [6.07, 6.45) is -1.38. The van der Waals surface area contributed by atoms with Crippen LogP contribution in [0.1, 0.15) is 5.01 Å². The first-order valence-electron chi connectivity index (χ1n) is 6.84. The number of carboxylic acid groups (broad SMARTS) is 1. The first-order chi connectivity index (χ1) is 11.2. The maximum atomic E-state index is 10.4. The van der Waals surface area contributed by atoms with Gasteiger partial charge in [0.2, 0.25) is 5.88 Å². The molecule has 3 rings (SSSR count). The molecule has 0 atom stereocenters. The lowest BCUT2D eigenvalue weighted by Crippen LogP contribution is -2.03. The van der Waals surface area contributed by atoms with Gasteiger partial charge in [-0.25, -0.2) is 9.78 Å². The van der Waals surface area contributed by atoms with Crippen LogP contribution >= 0.6 is 11.3 Å². The molecule has 0 aliphatic rings. The van der Waals surface area contributed by atoms with Crippen LogP contribution in [0, 0.1) is 0 Å². The number of aromatic nitrogens is 1. The van der Waals surface area contributed by atoms with Gasteiger partial charge >= 0.3 is 6.16 Å². The molecule has 0 unspecified atom stereocenters. The highest BCUT2D eigenvalue weighted by Crippen LogP contribution is 2.23. The predicted octanol–water partition coefficient (Wildman–Crippen LogP) is 4.45. The van der Waals surface area contributed by atoms with E-state index < -0.39 is 6.16 Å². The fourth-order valence-electron chi connectivity index (χ4n) is 2.02. The van der Waals surface area contributed by atoms with Gasteiger partial charge in [0, 0.05) is 0 Å². The maximum absolute atomic E-state index is 10.4. The molecule has 1 N–H and O–H groups in total. The van der Waals surface area contributed by atoms with Crippen LogP contribution in [0.25, 0.3) is 11.1 Å². The van der Waals surface area contributed by atoms with Gasteiger partial charge in [0.25, 0.3) is 0 Å². The highest BCUT2D eigenvalue weighted by molar-refractivity contribution is 7.09. The Hall–Kier alpha value is -2.86. The quantitative estimate of drug-likeness (QED) is 0.701. The van der Waals surface area contributed by atoms with Crippen molar-refractivity contribution in [1.29, 1.82) is 0 Å². The molecule has 0 amide bonds. The van der Waals surface area contributed by atoms with Crippen LogP contribution in [0.5, 0.6) is 11.6 Å². The topological polar surface area (TPSA) is 68.7 Å². The molecule has 0 radical (unpaired) electrons. The Balaban J connectivity index is 1.60. The summed E-state index contributed by atoms with van der Waals surface area (Å²) in [5.74, 6) is 0.793. The number of ether oxygens (including phenoxy) is 2. The van der Waals surface area contributed by atoms with Crippen molar-refractivity contribution in [3.05, 3.63) is 65.0 Å². The summed E-state index contributed by atoms with van der Waals surface area (Å²) >= 11 is 1.29. The van der Waals surface area contributed by atoms with E-state index in [1.165, 1.54) is 16.7 Å². The molecule has 0 spiro atoms. The Morgan fingerprint density at radius 1 is 1.04 bits per heavy atom. The first kappa shape index (κ1) is 15.1. The van der Waals surface area contributed by atoms with Gasteiger partial charge in [-0.3, -0.25) is 0 Å². The number of benzene rings is 2. The van der Waals surface area contributed by atoms with E-state index in [-0.39, 0.29) is 12.5 Å². The Morgan fingerprint density at radius 2 is 1.74 bits per heavy atom. The zero-order valence-corrected chi connectivity index (χ0v) is 12.8. The Bertz CT molecular complexity index is 784. The van der Waals surface area contributed by atoms with Crippen LogP contribution in [0.2, 0.25) is 0 Å². The predicted molar refractivity (Wildman–Crippen MR) is 87.0 cm³/mol. The minimum Gasteiger partial charge on any atom is -0.486 e. The lowest BCUT2D eigenvalue weighted by molar-refractivity contribution is 0.142. The van der Waals surface area contributed by atoms with Gasteiger partial charge in [-0.1, -0.05) is 42.5 Å². The minimum absolute atomic E-state index is 0.0699. The average Bonchev–Trinajstić information content (AvgIpc) is 3.01. The zero-order valence-electron chi connectivity index (χ0n) is 12.0. The smallest absolute Gasteiger partial charge is 0.486 e. The molecule has 0 saturated carbocycles. The second kappa shape index (κ2) is 6.93. The normalized spacial score (nSPS) is 10.3. The molecule has 3 aromatic rings. The van der Waals surface area contributed by atoms with Crippen molar-refractivity contribution < 1.29 is 19.4 Å². The maximum Gasteiger partial charge on any atom is 0.512 e. The summed E-state index contributed by atoms with van der Waals surface area (Å²) in [6.45, 7) is 0.262. The van der Waals surface area contributed by atoms with Crippen molar-refractivity contribution in [2.75, 3.05) is 0 Å². The molecule has 5 nitrogen and oxygen atoms in total. The summed E-state index contributed by atoms with van der Waals surface area (Å²) < 4.78 is 10.1. The van der Waals surface area contributed by atoms with Gasteiger partial charge in [-0.15, -0.1) is 11.3 Å². The fraction of sp³-hybridized carbons (Fsp3) is 0.0588. The molecule has 0 fully saturated rings. The van der Waals surface area contributed by atoms with E-state index in [4.69, 9.17) is 9.84 Å². The second-order valence-corrected chi connectivity index (χ2v) is 5.57. The van der Waals surface area contributed by atoms with E-state index in [9.17, 15) is 4.79 Å². The van der Waals surface area contributed by atoms with Crippen molar-refractivity contribution in [3.63, 3.8) is 0 Å². The van der Waals surface area contributed by atoms with Crippen molar-refractivity contribution >= 4 is 17.5 Å². The van der Waals surface area contributed by atoms with Crippen LogP contribution in [0.3, 0.4) is 0 Å². The summed E-state index contributed by atoms with van der Waals surface area (Å²) in [4.78, 5) is 14.4. The molecular formula is C17H13NO4S. The van der Waals surface area contributed by atoms with E-state index in [0.29, 0.717) is 5.01 Å². The van der Waals surface area contributed by atoms with E-state index in [2.05, 4.69) is 21.9 Å². The van der Waals surface area contributed by atoms with Crippen molar-refractivity contribution in [2.24, 2.45) is 0 Å². The van der Waals surface area contributed by atoms with Gasteiger partial charge in [-0.2, -0.15) is 0 Å². The van der Waals surface area contributed by atoms with Crippen LogP contribution in [-0.2, 0) is 6.61 Å². The van der Waals surface area contributed by atoms with Gasteiger partial charge in [-0.05, 0) is 23.3 Å². The molecule has 0 aliphatic carbocycles. The summed E-state index contributed by atoms with van der Waals surface area (Å²) in [5, 5.41) is 10.7. The minimum atomic E-state index is -1.38. The van der Waals surface area contributed by atoms with Crippen LogP contribution < -0.4 is 9.47 Å². The molecular weight excluding hydrogens is 314 g/mol. The van der Waals surface area contributed by atoms with Crippen molar-refractivity contribution in [3.8, 4) is 22.8 Å². The van der Waals surface area contributed by atoms with Crippen molar-refractivity contribution in [1.82, 2.24) is 4.98 Å². The van der Waals surface area contributed by atoms with Crippen LogP contribution in [-0.4, -0.2) is 16.2 Å². The molecule has 1 heterocycles. The highest BCUT2D eigenvalue weighted by Gasteiger charge is 2.07. The summed E-state index contributed by atoms with van der Waals surface area (Å²) in [7, 11) is 0. The number of carbonyl (C=O) groups is 1. The standard InChI is InChI=1S/C17H13NO4S/c19-17(20)22-15-11-23-16(18-15)10-21-14-8-6-13(7-9-14)12-4-2-1-3-5-12/h1-9,11H,10H2,(H,19,20). The van der Waals surface area contributed by atoms with Gasteiger partial charge in [0.05, 0.1) is 5.38 Å². The number of nitrogens with zero attached hydrogens (tertiary/aromatic N) is 1. The van der Waals surface area contributed by atoms with E-state index >= 15 is 0 Å². The lowest BCUT2D eigenvalue weighted by atomic mass is 10.1. The number of rotatable bonds is 5. The molecule has 23 heavy (non-hydrogen) atoms. The Labute approximate surface area is 136 Å². The monoisotopic (exact) mass is 327 g/mol. The third kappa shape index (κ3) is 4.08. The molecule has 0 aliphatic heterocycles. The molecule has 116 valence electrons.